The Morgan fingerprint density at radius 2 is 1.10 bits per heavy atom. The minimum absolute atomic E-state index is 0.475. The predicted octanol–water partition coefficient (Wildman–Crippen LogP) is 8.51. The zero-order valence-corrected chi connectivity index (χ0v) is 20.2. The molecule has 3 rings (SSSR count). The van der Waals surface area contributed by atoms with E-state index in [4.69, 9.17) is 0 Å². The molecular weight excluding hydrogens is 436 g/mol. The van der Waals surface area contributed by atoms with Crippen LogP contribution in [-0.2, 0) is 0 Å². The number of benzene rings is 3. The van der Waals surface area contributed by atoms with Crippen molar-refractivity contribution in [3.63, 3.8) is 0 Å². The summed E-state index contributed by atoms with van der Waals surface area (Å²) in [6.07, 6.45) is 6.57. The first-order chi connectivity index (χ1) is 15.2. The van der Waals surface area contributed by atoms with Gasteiger partial charge < -0.3 is 5.11 Å². The summed E-state index contributed by atoms with van der Waals surface area (Å²) < 4.78 is -0.498. The van der Waals surface area contributed by atoms with E-state index >= 15 is 0 Å². The van der Waals surface area contributed by atoms with E-state index in [9.17, 15) is 5.11 Å². The Bertz CT molecular complexity index is 783. The lowest BCUT2D eigenvalue weighted by Gasteiger charge is -2.36. The van der Waals surface area contributed by atoms with Crippen LogP contribution in [0.25, 0.3) is 0 Å². The Labute approximate surface area is 199 Å². The fraction of sp³-hybridized carbons (Fsp3) is 0.259. The van der Waals surface area contributed by atoms with Crippen LogP contribution in [0.4, 0.5) is 0 Å². The van der Waals surface area contributed by atoms with Gasteiger partial charge in [0.2, 0.25) is 0 Å². The normalized spacial score (nSPS) is 12.4. The summed E-state index contributed by atoms with van der Waals surface area (Å²) in [5.74, 6) is 0. The molecule has 1 N–H and O–H groups in total. The second-order valence-electron chi connectivity index (χ2n) is 7.29. The van der Waals surface area contributed by atoms with Crippen molar-refractivity contribution in [2.75, 3.05) is 0 Å². The number of aliphatic hydroxyl groups excluding tert-OH is 1. The summed E-state index contributed by atoms with van der Waals surface area (Å²) in [7, 11) is 0. The predicted molar refractivity (Wildman–Crippen MR) is 139 cm³/mol. The van der Waals surface area contributed by atoms with Gasteiger partial charge in [-0.2, -0.15) is 0 Å². The number of hydrogen-bond donors (Lipinski definition) is 1. The van der Waals surface area contributed by atoms with E-state index < -0.39 is 9.52 Å². The first kappa shape index (κ1) is 24.1. The summed E-state index contributed by atoms with van der Waals surface area (Å²) in [6.45, 7) is 3.81. The molecule has 0 bridgehead atoms. The number of rotatable bonds is 13. The lowest BCUT2D eigenvalue weighted by Crippen LogP contribution is -2.32. The zero-order chi connectivity index (χ0) is 21.8. The molecule has 0 aliphatic rings. The van der Waals surface area contributed by atoms with Crippen molar-refractivity contribution >= 4 is 35.3 Å². The highest BCUT2D eigenvalue weighted by atomic mass is 32.3. The third-order valence-electron chi connectivity index (χ3n) is 4.80. The molecule has 0 spiro atoms. The summed E-state index contributed by atoms with van der Waals surface area (Å²) in [5.41, 5.74) is 0. The molecule has 4 heteroatoms. The molecule has 1 atom stereocenters. The quantitative estimate of drug-likeness (QED) is 0.118. The summed E-state index contributed by atoms with van der Waals surface area (Å²) in [4.78, 5) is 3.50. The lowest BCUT2D eigenvalue weighted by molar-refractivity contribution is 0.170. The van der Waals surface area contributed by atoms with E-state index in [2.05, 4.69) is 79.4 Å². The molecule has 1 nitrogen and oxygen atoms in total. The molecule has 162 valence electrons. The topological polar surface area (TPSA) is 20.2 Å². The van der Waals surface area contributed by atoms with Crippen molar-refractivity contribution in [1.82, 2.24) is 0 Å². The molecule has 0 fully saturated rings. The Morgan fingerprint density at radius 1 is 0.677 bits per heavy atom. The van der Waals surface area contributed by atoms with Crippen LogP contribution in [0.15, 0.2) is 118 Å². The summed E-state index contributed by atoms with van der Waals surface area (Å²) in [5, 5.41) is 11.6. The summed E-state index contributed by atoms with van der Waals surface area (Å²) in [6, 6.07) is 31.3. The molecule has 0 heterocycles. The third kappa shape index (κ3) is 7.80. The van der Waals surface area contributed by atoms with Crippen molar-refractivity contribution in [3.05, 3.63) is 104 Å². The zero-order valence-electron chi connectivity index (χ0n) is 17.7. The molecular formula is C27H30OS3. The average Bonchev–Trinajstić information content (AvgIpc) is 2.81. The number of thioether (sulfide) groups is 3. The Morgan fingerprint density at radius 3 is 1.48 bits per heavy atom. The van der Waals surface area contributed by atoms with Gasteiger partial charge in [-0.25, -0.2) is 0 Å². The van der Waals surface area contributed by atoms with Gasteiger partial charge in [0, 0.05) is 14.7 Å². The largest absolute Gasteiger partial charge is 0.390 e. The van der Waals surface area contributed by atoms with Gasteiger partial charge in [0.05, 0.1) is 6.10 Å². The molecule has 1 unspecified atom stereocenters. The molecule has 3 aromatic carbocycles. The molecule has 0 radical (unpaired) electrons. The third-order valence-corrected chi connectivity index (χ3v) is 9.50. The molecule has 0 saturated carbocycles. The van der Waals surface area contributed by atoms with Crippen LogP contribution in [0, 0.1) is 0 Å². The molecule has 0 aliphatic heterocycles. The van der Waals surface area contributed by atoms with Crippen molar-refractivity contribution < 1.29 is 5.11 Å². The van der Waals surface area contributed by atoms with Crippen molar-refractivity contribution in [2.45, 2.75) is 56.3 Å². The highest BCUT2D eigenvalue weighted by Gasteiger charge is 2.41. The van der Waals surface area contributed by atoms with E-state index in [1.807, 2.05) is 24.3 Å². The van der Waals surface area contributed by atoms with Crippen LogP contribution in [0.1, 0.15) is 32.1 Å². The van der Waals surface area contributed by atoms with Crippen LogP contribution >= 0.6 is 35.3 Å². The van der Waals surface area contributed by atoms with Crippen molar-refractivity contribution in [2.24, 2.45) is 0 Å². The van der Waals surface area contributed by atoms with E-state index in [0.29, 0.717) is 0 Å². The Balaban J connectivity index is 1.91. The Kier molecular flexibility index (Phi) is 10.1. The number of allylic oxidation sites excluding steroid dienone is 1. The molecule has 0 aliphatic carbocycles. The van der Waals surface area contributed by atoms with Crippen molar-refractivity contribution in [1.29, 1.82) is 0 Å². The van der Waals surface area contributed by atoms with Gasteiger partial charge in [-0.3, -0.25) is 0 Å². The SMILES string of the molecule is C=CCCCCCC(O)C(Sc1ccccc1)(Sc1ccccc1)Sc1ccccc1. The maximum atomic E-state index is 11.6. The van der Waals surface area contributed by atoms with E-state index in [0.717, 1.165) is 32.1 Å². The van der Waals surface area contributed by atoms with Gasteiger partial charge in [0.1, 0.15) is 3.41 Å². The first-order valence-corrected chi connectivity index (χ1v) is 13.2. The second kappa shape index (κ2) is 13.1. The number of aliphatic hydroxyl groups is 1. The molecule has 31 heavy (non-hydrogen) atoms. The van der Waals surface area contributed by atoms with Crippen LogP contribution in [0.3, 0.4) is 0 Å². The number of unbranched alkanes of at least 4 members (excludes halogenated alkanes) is 3. The van der Waals surface area contributed by atoms with Gasteiger partial charge in [-0.15, -0.1) is 6.58 Å². The lowest BCUT2D eigenvalue weighted by atomic mass is 10.1. The molecule has 0 amide bonds. The maximum absolute atomic E-state index is 11.6. The fourth-order valence-corrected chi connectivity index (χ4v) is 8.06. The van der Waals surface area contributed by atoms with Crippen molar-refractivity contribution in [3.8, 4) is 0 Å². The van der Waals surface area contributed by atoms with Gasteiger partial charge in [0.25, 0.3) is 0 Å². The van der Waals surface area contributed by atoms with E-state index in [1.54, 1.807) is 35.3 Å². The standard InChI is InChI=1S/C27H30OS3/c1-2-3-4-5-15-22-26(28)27(29-23-16-9-6-10-17-23,30-24-18-11-7-12-19-24)31-25-20-13-8-14-21-25/h2,6-14,16-21,26,28H,1,3-5,15,22H2. The highest BCUT2D eigenvalue weighted by Crippen LogP contribution is 2.58. The minimum atomic E-state index is -0.498. The van der Waals surface area contributed by atoms with Gasteiger partial charge >= 0.3 is 0 Å². The van der Waals surface area contributed by atoms with Gasteiger partial charge in [0.15, 0.2) is 0 Å². The highest BCUT2D eigenvalue weighted by molar-refractivity contribution is 8.33. The molecule has 0 aromatic heterocycles. The van der Waals surface area contributed by atoms with E-state index in [1.165, 1.54) is 14.7 Å². The number of hydrogen-bond acceptors (Lipinski definition) is 4. The van der Waals surface area contributed by atoms with Crippen LogP contribution in [0.5, 0.6) is 0 Å². The first-order valence-electron chi connectivity index (χ1n) is 10.7. The molecule has 0 saturated heterocycles. The molecule has 3 aromatic rings. The minimum Gasteiger partial charge on any atom is -0.390 e. The maximum Gasteiger partial charge on any atom is 0.146 e. The van der Waals surface area contributed by atoms with E-state index in [-0.39, 0.29) is 0 Å². The smallest absolute Gasteiger partial charge is 0.146 e. The van der Waals surface area contributed by atoms with Gasteiger partial charge in [-0.1, -0.05) is 109 Å². The average molecular weight is 467 g/mol. The second-order valence-corrected chi connectivity index (χ2v) is 12.0. The van der Waals surface area contributed by atoms with Crippen LogP contribution in [0.2, 0.25) is 0 Å². The fourth-order valence-electron chi connectivity index (χ4n) is 3.20. The van der Waals surface area contributed by atoms with Crippen LogP contribution in [-0.4, -0.2) is 14.6 Å². The Hall–Kier alpha value is -1.59. The van der Waals surface area contributed by atoms with Crippen LogP contribution < -0.4 is 0 Å². The monoisotopic (exact) mass is 466 g/mol. The van der Waals surface area contributed by atoms with Gasteiger partial charge in [-0.05, 0) is 55.7 Å². The summed E-state index contributed by atoms with van der Waals surface area (Å²) >= 11 is 5.29.